The Bertz CT molecular complexity index is 1740. The van der Waals surface area contributed by atoms with E-state index in [1.165, 1.54) is 0 Å². The van der Waals surface area contributed by atoms with E-state index in [1.807, 2.05) is 49.5 Å². The molecular weight excluding hydrogens is 598 g/mol. The van der Waals surface area contributed by atoms with Gasteiger partial charge in [-0.15, -0.1) is 0 Å². The highest BCUT2D eigenvalue weighted by Gasteiger charge is 2.61. The molecule has 3 heterocycles. The molecule has 11 nitrogen and oxygen atoms in total. The highest BCUT2D eigenvalue weighted by molar-refractivity contribution is 5.94. The van der Waals surface area contributed by atoms with Crippen molar-refractivity contribution in [2.75, 3.05) is 20.7 Å². The largest absolute Gasteiger partial charge is 0.496 e. The molecular formula is C36H45N5O6. The zero-order valence-electron chi connectivity index (χ0n) is 28.1. The van der Waals surface area contributed by atoms with Crippen LogP contribution < -0.4 is 14.8 Å². The third-order valence-corrected chi connectivity index (χ3v) is 10.0. The van der Waals surface area contributed by atoms with E-state index >= 15 is 0 Å². The van der Waals surface area contributed by atoms with Crippen molar-refractivity contribution < 1.29 is 29.0 Å². The maximum absolute atomic E-state index is 13.9. The van der Waals surface area contributed by atoms with Crippen LogP contribution in [0.25, 0.3) is 16.7 Å². The SMILES string of the molecule is COc1ccc2c(OC3CC4C(=O)NC5(C(=O)O)CC5/C=C/CCCCN(C)C(=O)C4C3)cc(-n3ccc(C(C)(C)C)n3)nc2c1C. The number of benzene rings is 1. The minimum absolute atomic E-state index is 0.118. The van der Waals surface area contributed by atoms with Crippen LogP contribution in [0.2, 0.25) is 0 Å². The Morgan fingerprint density at radius 3 is 2.57 bits per heavy atom. The van der Waals surface area contributed by atoms with Gasteiger partial charge in [0.05, 0.1) is 30.2 Å². The third-order valence-electron chi connectivity index (χ3n) is 10.0. The normalized spacial score (nSPS) is 27.4. The summed E-state index contributed by atoms with van der Waals surface area (Å²) < 4.78 is 14.1. The Labute approximate surface area is 275 Å². The molecule has 0 bridgehead atoms. The molecule has 5 unspecified atom stereocenters. The van der Waals surface area contributed by atoms with Gasteiger partial charge in [0.15, 0.2) is 5.82 Å². The Morgan fingerprint density at radius 1 is 1.11 bits per heavy atom. The van der Waals surface area contributed by atoms with Crippen molar-refractivity contribution in [1.82, 2.24) is 25.0 Å². The van der Waals surface area contributed by atoms with Crippen LogP contribution in [0.15, 0.2) is 42.6 Å². The molecule has 11 heteroatoms. The highest BCUT2D eigenvalue weighted by atomic mass is 16.5. The molecule has 2 aliphatic carbocycles. The first-order chi connectivity index (χ1) is 22.3. The number of hydrogen-bond acceptors (Lipinski definition) is 7. The fourth-order valence-electron chi connectivity index (χ4n) is 7.02. The second-order valence-corrected chi connectivity index (χ2v) is 14.3. The van der Waals surface area contributed by atoms with E-state index in [-0.39, 0.29) is 23.7 Å². The molecule has 2 N–H and O–H groups in total. The molecule has 1 aliphatic heterocycles. The summed E-state index contributed by atoms with van der Waals surface area (Å²) in [7, 11) is 3.40. The smallest absolute Gasteiger partial charge is 0.330 e. The molecule has 2 saturated carbocycles. The number of allylic oxidation sites excluding steroid dienone is 1. The van der Waals surface area contributed by atoms with E-state index in [9.17, 15) is 19.5 Å². The van der Waals surface area contributed by atoms with Crippen LogP contribution in [0, 0.1) is 24.7 Å². The van der Waals surface area contributed by atoms with Crippen LogP contribution in [-0.2, 0) is 19.8 Å². The molecule has 3 aliphatic rings. The van der Waals surface area contributed by atoms with Gasteiger partial charge in [0.2, 0.25) is 11.8 Å². The lowest BCUT2D eigenvalue weighted by atomic mass is 9.93. The second kappa shape index (κ2) is 12.3. The lowest BCUT2D eigenvalue weighted by Gasteiger charge is -2.26. The molecule has 1 aromatic carbocycles. The predicted molar refractivity (Wildman–Crippen MR) is 177 cm³/mol. The summed E-state index contributed by atoms with van der Waals surface area (Å²) in [5.74, 6) is -1.38. The summed E-state index contributed by atoms with van der Waals surface area (Å²) in [6, 6.07) is 7.61. The quantitative estimate of drug-likeness (QED) is 0.372. The molecule has 5 atom stereocenters. The number of methoxy groups -OCH3 is 1. The molecule has 2 aromatic heterocycles. The van der Waals surface area contributed by atoms with Crippen molar-refractivity contribution in [3.05, 3.63) is 53.9 Å². The van der Waals surface area contributed by atoms with Gasteiger partial charge in [-0.1, -0.05) is 32.9 Å². The summed E-state index contributed by atoms with van der Waals surface area (Å²) in [4.78, 5) is 46.7. The number of fused-ring (bicyclic) bond motifs is 3. The number of aliphatic carboxylic acids is 1. The minimum Gasteiger partial charge on any atom is -0.496 e. The number of nitrogens with one attached hydrogen (secondary N) is 1. The average molecular weight is 644 g/mol. The lowest BCUT2D eigenvalue weighted by molar-refractivity contribution is -0.145. The summed E-state index contributed by atoms with van der Waals surface area (Å²) in [5.41, 5.74) is 0.983. The van der Waals surface area contributed by atoms with E-state index in [0.717, 1.165) is 35.9 Å². The number of carboxylic acids is 1. The number of rotatable bonds is 5. The Balaban J connectivity index is 1.35. The molecule has 3 aromatic rings. The van der Waals surface area contributed by atoms with E-state index in [4.69, 9.17) is 19.6 Å². The molecule has 47 heavy (non-hydrogen) atoms. The minimum atomic E-state index is -1.33. The van der Waals surface area contributed by atoms with E-state index in [0.29, 0.717) is 42.2 Å². The average Bonchev–Trinajstić information content (AvgIpc) is 3.33. The van der Waals surface area contributed by atoms with E-state index < -0.39 is 35.4 Å². The molecule has 0 spiro atoms. The number of aromatic nitrogens is 3. The summed E-state index contributed by atoms with van der Waals surface area (Å²) in [5, 5.41) is 18.5. The summed E-state index contributed by atoms with van der Waals surface area (Å²) >= 11 is 0. The third kappa shape index (κ3) is 6.19. The number of hydrogen-bond donors (Lipinski definition) is 2. The van der Waals surface area contributed by atoms with Crippen molar-refractivity contribution in [3.8, 4) is 17.3 Å². The topological polar surface area (TPSA) is 136 Å². The van der Waals surface area contributed by atoms with Crippen LogP contribution in [-0.4, -0.2) is 74.9 Å². The van der Waals surface area contributed by atoms with Gasteiger partial charge < -0.3 is 24.8 Å². The number of nitrogens with zero attached hydrogens (tertiary/aromatic N) is 4. The zero-order valence-corrected chi connectivity index (χ0v) is 28.1. The van der Waals surface area contributed by atoms with E-state index in [1.54, 1.807) is 23.7 Å². The fourth-order valence-corrected chi connectivity index (χ4v) is 7.02. The molecule has 0 radical (unpaired) electrons. The number of pyridine rings is 1. The van der Waals surface area contributed by atoms with Gasteiger partial charge in [0.25, 0.3) is 0 Å². The van der Waals surface area contributed by atoms with Crippen molar-refractivity contribution in [2.24, 2.45) is 17.8 Å². The van der Waals surface area contributed by atoms with Gasteiger partial charge in [-0.25, -0.2) is 14.5 Å². The number of carbonyl (C=O) groups excluding carboxylic acids is 2. The predicted octanol–water partition coefficient (Wildman–Crippen LogP) is 4.97. The summed E-state index contributed by atoms with van der Waals surface area (Å²) in [6.45, 7) is 8.84. The standard InChI is InChI=1S/C36H45N5O6/c1-21-27(46-6)13-12-24-28(19-30(37-31(21)24)41-16-14-29(39-41)35(2,3)4)47-23-17-25-26(18-23)33(43)40(5)15-10-8-7-9-11-22-20-36(22,34(44)45)38-32(25)42/h9,11-14,16,19,22-23,25-26H,7-8,10,15,17-18,20H2,1-6H3,(H,38,42)(H,44,45)/b11-9+. The Hall–Kier alpha value is -4.41. The summed E-state index contributed by atoms with van der Waals surface area (Å²) in [6.07, 6.45) is 8.78. The van der Waals surface area contributed by atoms with Crippen LogP contribution >= 0.6 is 0 Å². The van der Waals surface area contributed by atoms with Crippen LogP contribution in [0.1, 0.15) is 70.6 Å². The van der Waals surface area contributed by atoms with Gasteiger partial charge in [-0.05, 0) is 63.6 Å². The zero-order chi connectivity index (χ0) is 33.7. The second-order valence-electron chi connectivity index (χ2n) is 14.3. The van der Waals surface area contributed by atoms with Gasteiger partial charge in [0, 0.05) is 48.1 Å². The van der Waals surface area contributed by atoms with Crippen molar-refractivity contribution >= 4 is 28.7 Å². The van der Waals surface area contributed by atoms with Gasteiger partial charge in [-0.2, -0.15) is 5.10 Å². The molecule has 0 saturated heterocycles. The van der Waals surface area contributed by atoms with Crippen molar-refractivity contribution in [1.29, 1.82) is 0 Å². The maximum atomic E-state index is 13.9. The fraction of sp³-hybridized carbons (Fsp3) is 0.528. The Kier molecular flexibility index (Phi) is 8.52. The molecule has 250 valence electrons. The lowest BCUT2D eigenvalue weighted by Crippen LogP contribution is -2.49. The van der Waals surface area contributed by atoms with Crippen LogP contribution in [0.5, 0.6) is 11.5 Å². The molecule has 2 fully saturated rings. The number of carboxylic acid groups (broad SMARTS) is 1. The van der Waals surface area contributed by atoms with Gasteiger partial charge >= 0.3 is 5.97 Å². The van der Waals surface area contributed by atoms with Crippen molar-refractivity contribution in [3.63, 3.8) is 0 Å². The number of aryl methyl sites for hydroxylation is 1. The van der Waals surface area contributed by atoms with E-state index in [2.05, 4.69) is 26.1 Å². The molecule has 6 rings (SSSR count). The number of carbonyl (C=O) groups is 3. The maximum Gasteiger partial charge on any atom is 0.330 e. The number of ether oxygens (including phenoxy) is 2. The van der Waals surface area contributed by atoms with Crippen molar-refractivity contribution in [2.45, 2.75) is 83.3 Å². The van der Waals surface area contributed by atoms with Crippen LogP contribution in [0.4, 0.5) is 0 Å². The Morgan fingerprint density at radius 2 is 1.87 bits per heavy atom. The first kappa shape index (κ1) is 32.5. The van der Waals surface area contributed by atoms with Gasteiger partial charge in [0.1, 0.15) is 23.1 Å². The molecule has 2 amide bonds. The first-order valence-electron chi connectivity index (χ1n) is 16.5. The van der Waals surface area contributed by atoms with Gasteiger partial charge in [-0.3, -0.25) is 9.59 Å². The highest BCUT2D eigenvalue weighted by Crippen LogP contribution is 2.47. The van der Waals surface area contributed by atoms with Crippen LogP contribution in [0.3, 0.4) is 0 Å². The monoisotopic (exact) mass is 643 g/mol. The first-order valence-corrected chi connectivity index (χ1v) is 16.5. The number of amides is 2.